The molecule has 0 saturated carbocycles. The van der Waals surface area contributed by atoms with Crippen molar-refractivity contribution < 1.29 is 18.7 Å². The quantitative estimate of drug-likeness (QED) is 0.737. The summed E-state index contributed by atoms with van der Waals surface area (Å²) in [7, 11) is 1.30. The van der Waals surface area contributed by atoms with Gasteiger partial charge in [-0.15, -0.1) is 0 Å². The van der Waals surface area contributed by atoms with Crippen molar-refractivity contribution in [1.82, 2.24) is 9.55 Å². The minimum Gasteiger partial charge on any atom is -0.383 e. The maximum atomic E-state index is 11.9. The Morgan fingerprint density at radius 2 is 2.41 bits per heavy atom. The van der Waals surface area contributed by atoms with Crippen LogP contribution in [0.5, 0.6) is 0 Å². The van der Waals surface area contributed by atoms with Gasteiger partial charge in [-0.2, -0.15) is 4.98 Å². The van der Waals surface area contributed by atoms with Crippen LogP contribution in [0.2, 0.25) is 0 Å². The molecule has 1 aromatic rings. The first kappa shape index (κ1) is 17.5. The van der Waals surface area contributed by atoms with E-state index in [0.717, 1.165) is 12.8 Å². The largest absolute Gasteiger partial charge is 0.383 e. The lowest BCUT2D eigenvalue weighted by molar-refractivity contribution is -0.0224. The second kappa shape index (κ2) is 7.16. The minimum atomic E-state index is -3.29. The van der Waals surface area contributed by atoms with Crippen LogP contribution in [0.3, 0.4) is 0 Å². The number of nitrogens with zero attached hydrogens (tertiary/aromatic N) is 2. The van der Waals surface area contributed by atoms with Gasteiger partial charge in [0.25, 0.3) is 0 Å². The molecule has 0 bridgehead atoms. The van der Waals surface area contributed by atoms with E-state index in [1.807, 2.05) is 6.92 Å². The number of aromatic nitrogens is 2. The van der Waals surface area contributed by atoms with Gasteiger partial charge < -0.3 is 24.4 Å². The van der Waals surface area contributed by atoms with Crippen LogP contribution in [0.4, 0.5) is 5.82 Å². The molecule has 2 heterocycles. The maximum Gasteiger partial charge on any atom is 0.351 e. The van der Waals surface area contributed by atoms with Crippen molar-refractivity contribution in [3.05, 3.63) is 22.7 Å². The Morgan fingerprint density at radius 1 is 1.68 bits per heavy atom. The molecule has 22 heavy (non-hydrogen) atoms. The number of nitrogens with two attached hydrogens (primary N) is 1. The molecule has 1 fully saturated rings. The molecule has 3 N–H and O–H groups in total. The zero-order valence-electron chi connectivity index (χ0n) is 12.4. The summed E-state index contributed by atoms with van der Waals surface area (Å²) in [5.74, 6) is 0.155. The molecular formula is C12H20N3O5PS. The van der Waals surface area contributed by atoms with Gasteiger partial charge in [0.1, 0.15) is 12.0 Å². The van der Waals surface area contributed by atoms with Gasteiger partial charge in [-0.05, 0) is 24.3 Å². The summed E-state index contributed by atoms with van der Waals surface area (Å²) in [5.41, 5.74) is 4.99. The lowest BCUT2D eigenvalue weighted by Crippen LogP contribution is -2.27. The predicted molar refractivity (Wildman–Crippen MR) is 84.7 cm³/mol. The van der Waals surface area contributed by atoms with Gasteiger partial charge in [0.15, 0.2) is 0 Å². The summed E-state index contributed by atoms with van der Waals surface area (Å²) in [6, 6.07) is 1.53. The normalized spacial score (nSPS) is 27.7. The molecule has 1 saturated heterocycles. The molecule has 2 unspecified atom stereocenters. The van der Waals surface area contributed by atoms with Crippen LogP contribution in [-0.2, 0) is 25.6 Å². The highest BCUT2D eigenvalue weighted by Gasteiger charge is 2.39. The highest BCUT2D eigenvalue weighted by molar-refractivity contribution is 8.07. The van der Waals surface area contributed by atoms with Crippen molar-refractivity contribution in [2.24, 2.45) is 0 Å². The zero-order valence-corrected chi connectivity index (χ0v) is 14.1. The molecule has 124 valence electrons. The number of rotatable bonds is 6. The first-order valence-corrected chi connectivity index (χ1v) is 9.52. The Morgan fingerprint density at radius 3 is 3.00 bits per heavy atom. The first-order chi connectivity index (χ1) is 10.4. The Labute approximate surface area is 133 Å². The van der Waals surface area contributed by atoms with Crippen LogP contribution in [0.15, 0.2) is 17.1 Å². The summed E-state index contributed by atoms with van der Waals surface area (Å²) in [6.45, 7) is -1.28. The summed E-state index contributed by atoms with van der Waals surface area (Å²) in [6.07, 6.45) is 2.25. The fraction of sp³-hybridized carbons (Fsp3) is 0.667. The van der Waals surface area contributed by atoms with Crippen LogP contribution in [-0.4, -0.2) is 33.8 Å². The Kier molecular flexibility index (Phi) is 5.70. The third-order valence-corrected chi connectivity index (χ3v) is 5.12. The van der Waals surface area contributed by atoms with Crippen LogP contribution >= 0.6 is 6.72 Å². The molecule has 0 radical (unpaired) electrons. The van der Waals surface area contributed by atoms with E-state index in [0.29, 0.717) is 6.42 Å². The predicted octanol–water partition coefficient (Wildman–Crippen LogP) is 1.16. The van der Waals surface area contributed by atoms with E-state index in [1.54, 1.807) is 0 Å². The fourth-order valence-corrected chi connectivity index (χ4v) is 3.36. The Bertz CT molecular complexity index is 625. The van der Waals surface area contributed by atoms with E-state index >= 15 is 0 Å². The van der Waals surface area contributed by atoms with Crippen LogP contribution in [0, 0.1) is 0 Å². The smallest absolute Gasteiger partial charge is 0.351 e. The van der Waals surface area contributed by atoms with Gasteiger partial charge in [0, 0.05) is 19.7 Å². The summed E-state index contributed by atoms with van der Waals surface area (Å²) >= 11 is 4.89. The number of hydrogen-bond acceptors (Lipinski definition) is 7. The molecule has 1 aliphatic heterocycles. The third-order valence-electron chi connectivity index (χ3n) is 3.41. The average molecular weight is 349 g/mol. The molecule has 4 atom stereocenters. The van der Waals surface area contributed by atoms with Crippen molar-refractivity contribution in [3.63, 3.8) is 0 Å². The topological polar surface area (TPSA) is 109 Å². The Hall–Kier alpha value is -0.830. The van der Waals surface area contributed by atoms with E-state index in [1.165, 1.54) is 23.9 Å². The SMILES string of the molecule is CCC[C@H]1O[C@@H](n2ccc(N)nc2=O)CC1OP(O)(=S)OC. The number of hydrogen-bond donors (Lipinski definition) is 2. The summed E-state index contributed by atoms with van der Waals surface area (Å²) in [4.78, 5) is 25.4. The fourth-order valence-electron chi connectivity index (χ4n) is 2.38. The summed E-state index contributed by atoms with van der Waals surface area (Å²) in [5, 5.41) is 0. The lowest BCUT2D eigenvalue weighted by atomic mass is 10.1. The van der Waals surface area contributed by atoms with Gasteiger partial charge in [-0.25, -0.2) is 4.79 Å². The molecule has 1 aromatic heterocycles. The van der Waals surface area contributed by atoms with Crippen molar-refractivity contribution in [1.29, 1.82) is 0 Å². The molecule has 0 aliphatic carbocycles. The van der Waals surface area contributed by atoms with E-state index in [9.17, 15) is 9.69 Å². The standard InChI is InChI=1S/C12H20N3O5PS/c1-3-4-8-9(20-21(17,22)18-2)7-11(19-8)15-6-5-10(13)14-12(15)16/h5-6,8-9,11H,3-4,7H2,1-2H3,(H,17,22)(H2,13,14,16)/t8-,9?,11-,21?/m1/s1. The minimum absolute atomic E-state index is 0.155. The molecule has 0 spiro atoms. The number of anilines is 1. The third kappa shape index (κ3) is 4.13. The number of nitrogen functional groups attached to an aromatic ring is 1. The van der Waals surface area contributed by atoms with Crippen molar-refractivity contribution in [2.75, 3.05) is 12.8 Å². The van der Waals surface area contributed by atoms with Crippen LogP contribution in [0.25, 0.3) is 0 Å². The highest BCUT2D eigenvalue weighted by atomic mass is 32.5. The Balaban J connectivity index is 2.19. The van der Waals surface area contributed by atoms with Crippen molar-refractivity contribution in [3.8, 4) is 0 Å². The van der Waals surface area contributed by atoms with Crippen LogP contribution < -0.4 is 11.4 Å². The number of ether oxygens (including phenoxy) is 1. The maximum absolute atomic E-state index is 11.9. The lowest BCUT2D eigenvalue weighted by Gasteiger charge is -2.22. The monoisotopic (exact) mass is 349 g/mol. The molecule has 0 aromatic carbocycles. The average Bonchev–Trinajstić information content (AvgIpc) is 2.81. The van der Waals surface area contributed by atoms with Gasteiger partial charge in [-0.1, -0.05) is 13.3 Å². The van der Waals surface area contributed by atoms with Gasteiger partial charge >= 0.3 is 12.4 Å². The van der Waals surface area contributed by atoms with E-state index in [-0.39, 0.29) is 11.9 Å². The summed E-state index contributed by atoms with van der Waals surface area (Å²) < 4.78 is 17.5. The highest BCUT2D eigenvalue weighted by Crippen LogP contribution is 2.48. The zero-order chi connectivity index (χ0) is 16.3. The van der Waals surface area contributed by atoms with Crippen LogP contribution in [0.1, 0.15) is 32.4 Å². The molecular weight excluding hydrogens is 329 g/mol. The second-order valence-electron chi connectivity index (χ2n) is 4.99. The van der Waals surface area contributed by atoms with E-state index in [2.05, 4.69) is 4.98 Å². The second-order valence-corrected chi connectivity index (χ2v) is 7.89. The molecule has 2 rings (SSSR count). The van der Waals surface area contributed by atoms with Gasteiger partial charge in [-0.3, -0.25) is 4.57 Å². The van der Waals surface area contributed by atoms with Crippen molar-refractivity contribution in [2.45, 2.75) is 44.6 Å². The van der Waals surface area contributed by atoms with Gasteiger partial charge in [0.05, 0.1) is 12.2 Å². The first-order valence-electron chi connectivity index (χ1n) is 6.93. The molecule has 0 amide bonds. The van der Waals surface area contributed by atoms with E-state index in [4.69, 9.17) is 31.3 Å². The molecule has 10 heteroatoms. The van der Waals surface area contributed by atoms with Crippen molar-refractivity contribution >= 4 is 24.3 Å². The van der Waals surface area contributed by atoms with E-state index < -0.39 is 24.7 Å². The molecule has 8 nitrogen and oxygen atoms in total. The van der Waals surface area contributed by atoms with Gasteiger partial charge in [0.2, 0.25) is 0 Å². The molecule has 1 aliphatic rings.